The van der Waals surface area contributed by atoms with Crippen LogP contribution < -0.4 is 14.2 Å². The predicted molar refractivity (Wildman–Crippen MR) is 246 cm³/mol. The van der Waals surface area contributed by atoms with Gasteiger partial charge in [0.05, 0.1) is 38.3 Å². The van der Waals surface area contributed by atoms with Crippen LogP contribution in [-0.4, -0.2) is 98.6 Å². The van der Waals surface area contributed by atoms with Crippen molar-refractivity contribution in [2.24, 2.45) is 0 Å². The van der Waals surface area contributed by atoms with E-state index in [9.17, 15) is 13.2 Å². The second-order valence-corrected chi connectivity index (χ2v) is 20.8. The lowest BCUT2D eigenvalue weighted by molar-refractivity contribution is 0.0204. The number of carbonyl (C=O) groups excluding carboxylic acids is 1. The highest BCUT2D eigenvalue weighted by Crippen LogP contribution is 2.42. The Morgan fingerprint density at radius 2 is 1.22 bits per heavy atom. The van der Waals surface area contributed by atoms with Crippen molar-refractivity contribution in [1.29, 1.82) is 0 Å². The van der Waals surface area contributed by atoms with E-state index in [-0.39, 0.29) is 43.0 Å². The summed E-state index contributed by atoms with van der Waals surface area (Å²) >= 11 is 0. The second-order valence-electron chi connectivity index (χ2n) is 16.9. The number of methoxy groups -OCH3 is 3. The first-order valence-corrected chi connectivity index (χ1v) is 24.4. The van der Waals surface area contributed by atoms with Gasteiger partial charge in [0.25, 0.3) is 0 Å². The third kappa shape index (κ3) is 11.2. The molecule has 0 aliphatic carbocycles. The number of nitrogens with zero attached hydrogens (tertiary/aromatic N) is 6. The van der Waals surface area contributed by atoms with Gasteiger partial charge in [-0.2, -0.15) is 9.10 Å². The minimum Gasteiger partial charge on any atom is -0.497 e. The quantitative estimate of drug-likeness (QED) is 0.0974. The molecule has 1 amide bonds. The number of benzene rings is 5. The van der Waals surface area contributed by atoms with Crippen LogP contribution in [0.4, 0.5) is 4.79 Å². The lowest BCUT2D eigenvalue weighted by Gasteiger charge is -2.33. The Balaban J connectivity index is 1.35. The van der Waals surface area contributed by atoms with Gasteiger partial charge in [-0.05, 0) is 121 Å². The number of ether oxygens (including phenoxy) is 4. The lowest BCUT2D eigenvalue weighted by atomic mass is 9.88. The number of likely N-dealkylation sites (tertiary alicyclic amines) is 1. The van der Waals surface area contributed by atoms with Gasteiger partial charge in [0.1, 0.15) is 27.7 Å². The summed E-state index contributed by atoms with van der Waals surface area (Å²) < 4.78 is 82.0. The van der Waals surface area contributed by atoms with Crippen LogP contribution in [-0.2, 0) is 44.2 Å². The Morgan fingerprint density at radius 3 is 1.69 bits per heavy atom. The summed E-state index contributed by atoms with van der Waals surface area (Å²) in [6.45, 7) is 6.57. The minimum absolute atomic E-state index is 0.0122. The van der Waals surface area contributed by atoms with Gasteiger partial charge in [-0.15, -0.1) is 10.2 Å². The molecule has 65 heavy (non-hydrogen) atoms. The predicted octanol–water partition coefficient (Wildman–Crippen LogP) is 7.99. The molecule has 0 bridgehead atoms. The van der Waals surface area contributed by atoms with E-state index >= 15 is 8.42 Å². The van der Waals surface area contributed by atoms with Crippen molar-refractivity contribution >= 4 is 26.0 Å². The highest BCUT2D eigenvalue weighted by molar-refractivity contribution is 7.93. The van der Waals surface area contributed by atoms with Crippen molar-refractivity contribution in [2.75, 3.05) is 40.7 Å². The van der Waals surface area contributed by atoms with Crippen molar-refractivity contribution in [2.45, 2.75) is 74.6 Å². The number of tetrazole rings is 1. The summed E-state index contributed by atoms with van der Waals surface area (Å²) in [6.07, 6.45) is 2.12. The molecule has 0 spiro atoms. The van der Waals surface area contributed by atoms with Crippen LogP contribution in [0.2, 0.25) is 0 Å². The molecule has 0 radical (unpaired) electrons. The first-order valence-electron chi connectivity index (χ1n) is 21.1. The normalized spacial score (nSPS) is 13.8. The first kappa shape index (κ1) is 46.7. The van der Waals surface area contributed by atoms with Gasteiger partial charge in [-0.1, -0.05) is 66.7 Å². The van der Waals surface area contributed by atoms with Crippen LogP contribution in [0, 0.1) is 0 Å². The lowest BCUT2D eigenvalue weighted by Crippen LogP contribution is -2.41. The number of sulfone groups is 1. The molecule has 342 valence electrons. The van der Waals surface area contributed by atoms with Gasteiger partial charge >= 0.3 is 6.09 Å². The van der Waals surface area contributed by atoms with Crippen LogP contribution in [0.25, 0.3) is 22.5 Å². The highest BCUT2D eigenvalue weighted by Gasteiger charge is 2.37. The summed E-state index contributed by atoms with van der Waals surface area (Å²) in [5.41, 5.74) is 3.54. The van der Waals surface area contributed by atoms with E-state index in [1.807, 2.05) is 57.2 Å². The van der Waals surface area contributed by atoms with Gasteiger partial charge in [0, 0.05) is 32.4 Å². The number of hydrogen-bond acceptors (Lipinski definition) is 12. The Labute approximate surface area is 380 Å². The van der Waals surface area contributed by atoms with Crippen LogP contribution in [0.3, 0.4) is 0 Å². The molecule has 15 nitrogen and oxygen atoms in total. The van der Waals surface area contributed by atoms with Crippen LogP contribution >= 0.6 is 0 Å². The molecule has 0 N–H and O–H groups in total. The van der Waals surface area contributed by atoms with E-state index in [1.54, 1.807) is 93.0 Å². The number of rotatable bonds is 15. The molecule has 17 heteroatoms. The summed E-state index contributed by atoms with van der Waals surface area (Å²) in [5.74, 6) is 1.94. The molecule has 1 aromatic heterocycles. The zero-order valence-electron chi connectivity index (χ0n) is 37.6. The summed E-state index contributed by atoms with van der Waals surface area (Å²) in [4.78, 5) is 15.0. The monoisotopic (exact) mass is 922 g/mol. The maximum absolute atomic E-state index is 15.7. The fraction of sp³-hybridized carbons (Fsp3) is 0.333. The number of carbonyl (C=O) groups is 1. The van der Waals surface area contributed by atoms with Crippen molar-refractivity contribution in [3.63, 3.8) is 0 Å². The van der Waals surface area contributed by atoms with E-state index in [2.05, 4.69) is 10.3 Å². The summed E-state index contributed by atoms with van der Waals surface area (Å²) in [6, 6.07) is 32.0. The van der Waals surface area contributed by atoms with Crippen LogP contribution in [0.15, 0.2) is 119 Å². The Hall–Kier alpha value is -6.30. The second kappa shape index (κ2) is 19.4. The fourth-order valence-corrected chi connectivity index (χ4v) is 11.0. The zero-order chi connectivity index (χ0) is 46.5. The van der Waals surface area contributed by atoms with E-state index in [4.69, 9.17) is 24.0 Å². The molecule has 6 aromatic rings. The molecule has 5 aromatic carbocycles. The molecular formula is C48H54N6O9S2. The van der Waals surface area contributed by atoms with Gasteiger partial charge in [-0.25, -0.2) is 21.6 Å². The molecule has 7 rings (SSSR count). The minimum atomic E-state index is -4.74. The molecule has 2 heterocycles. The largest absolute Gasteiger partial charge is 0.497 e. The average Bonchev–Trinajstić information content (AvgIpc) is 3.76. The molecule has 1 aliphatic rings. The van der Waals surface area contributed by atoms with Crippen LogP contribution in [0.5, 0.6) is 17.2 Å². The number of amides is 1. The average molecular weight is 923 g/mol. The Morgan fingerprint density at radius 1 is 0.708 bits per heavy atom. The van der Waals surface area contributed by atoms with E-state index in [0.717, 1.165) is 30.2 Å². The summed E-state index contributed by atoms with van der Waals surface area (Å²) in [5, 5.41) is 13.5. The van der Waals surface area contributed by atoms with Crippen LogP contribution in [0.1, 0.15) is 61.8 Å². The highest BCUT2D eigenvalue weighted by atomic mass is 32.2. The van der Waals surface area contributed by atoms with E-state index in [1.165, 1.54) is 15.2 Å². The van der Waals surface area contributed by atoms with E-state index in [0.29, 0.717) is 52.6 Å². The van der Waals surface area contributed by atoms with Crippen molar-refractivity contribution in [3.05, 3.63) is 131 Å². The molecule has 1 saturated heterocycles. The standard InChI is InChI=1S/C48H54N6O9S2/c1-48(2,3)63-47(55)52-28-26-37(27-29-52)36-14-16-38(17-15-36)42-24-25-43(64(7,56)57)45(44(42)46-49-51-54(50-46)32-35-12-22-41(62-6)23-13-35)65(58,59)53(30-33-8-18-39(60-4)19-9-33)31-34-10-20-40(61-5)21-11-34/h8-25,37H,26-32H2,1-7H3. The molecule has 1 fully saturated rings. The molecule has 0 atom stereocenters. The van der Waals surface area contributed by atoms with Gasteiger partial charge < -0.3 is 23.8 Å². The molecule has 0 unspecified atom stereocenters. The number of aromatic nitrogens is 4. The van der Waals surface area contributed by atoms with E-state index < -0.39 is 35.3 Å². The maximum atomic E-state index is 15.7. The summed E-state index contributed by atoms with van der Waals surface area (Å²) in [7, 11) is -4.28. The first-order chi connectivity index (χ1) is 30.9. The van der Waals surface area contributed by atoms with Gasteiger partial charge in [0.2, 0.25) is 15.8 Å². The molecule has 0 saturated carbocycles. The number of hydrogen-bond donors (Lipinski definition) is 0. The maximum Gasteiger partial charge on any atom is 0.410 e. The molecule has 1 aliphatic heterocycles. The van der Waals surface area contributed by atoms with Gasteiger partial charge in [0.15, 0.2) is 9.84 Å². The number of sulfonamides is 1. The molecular weight excluding hydrogens is 869 g/mol. The van der Waals surface area contributed by atoms with Crippen molar-refractivity contribution in [3.8, 4) is 39.8 Å². The van der Waals surface area contributed by atoms with Crippen molar-refractivity contribution in [1.82, 2.24) is 29.4 Å². The Bertz CT molecular complexity index is 2770. The number of piperidine rings is 1. The topological polar surface area (TPSA) is 172 Å². The SMILES string of the molecule is COc1ccc(CN(Cc2ccc(OC)cc2)S(=O)(=O)c2c(S(C)(=O)=O)ccc(-c3ccc(C4CCN(C(=O)OC(C)(C)C)CC4)cc3)c2-c2nnn(Cc3ccc(OC)cc3)n2)cc1. The Kier molecular flexibility index (Phi) is 14.0. The third-order valence-electron chi connectivity index (χ3n) is 11.2. The smallest absolute Gasteiger partial charge is 0.410 e. The third-order valence-corrected chi connectivity index (χ3v) is 14.3. The van der Waals surface area contributed by atoms with Crippen molar-refractivity contribution < 1.29 is 40.6 Å². The van der Waals surface area contributed by atoms with Gasteiger partial charge in [-0.3, -0.25) is 0 Å². The zero-order valence-corrected chi connectivity index (χ0v) is 39.2. The fourth-order valence-electron chi connectivity index (χ4n) is 7.76.